The third kappa shape index (κ3) is 7.70. The van der Waals surface area contributed by atoms with Crippen molar-refractivity contribution in [3.63, 3.8) is 0 Å². The molecule has 0 amide bonds. The molecule has 11 nitrogen and oxygen atoms in total. The zero-order valence-corrected chi connectivity index (χ0v) is 33.1. The Morgan fingerprint density at radius 2 is 1.45 bits per heavy atom. The van der Waals surface area contributed by atoms with E-state index < -0.39 is 23.6 Å². The highest BCUT2D eigenvalue weighted by atomic mass is 16.6. The number of carbonyl (C=O) groups excluding carboxylic acids is 5. The summed E-state index contributed by atoms with van der Waals surface area (Å²) in [7, 11) is 2.64. The fourth-order valence-corrected chi connectivity index (χ4v) is 12.3. The van der Waals surface area contributed by atoms with Gasteiger partial charge in [0, 0.05) is 44.4 Å². The van der Waals surface area contributed by atoms with Crippen molar-refractivity contribution >= 4 is 29.8 Å². The molecule has 0 heterocycles. The molecule has 4 aliphatic carbocycles. The maximum atomic E-state index is 12.8. The molecule has 11 heteroatoms. The molecule has 0 radical (unpaired) electrons. The van der Waals surface area contributed by atoms with Gasteiger partial charge in [-0.2, -0.15) is 0 Å². The molecule has 0 aliphatic heterocycles. The first-order valence-corrected chi connectivity index (χ1v) is 19.1. The zero-order chi connectivity index (χ0) is 38.2. The minimum atomic E-state index is -0.838. The van der Waals surface area contributed by atoms with Crippen LogP contribution in [0.15, 0.2) is 0 Å². The van der Waals surface area contributed by atoms with Crippen LogP contribution in [0.5, 0.6) is 0 Å². The van der Waals surface area contributed by atoms with Gasteiger partial charge in [-0.25, -0.2) is 0 Å². The summed E-state index contributed by atoms with van der Waals surface area (Å²) in [5.74, 6) is -1.17. The first-order chi connectivity index (χ1) is 23.7. The average Bonchev–Trinajstić information content (AvgIpc) is 3.42. The predicted molar refractivity (Wildman–Crippen MR) is 190 cm³/mol. The molecule has 11 atom stereocenters. The summed E-state index contributed by atoms with van der Waals surface area (Å²) >= 11 is 0. The minimum Gasteiger partial charge on any atom is -0.469 e. The molecular formula is C40H65NO10. The van der Waals surface area contributed by atoms with E-state index in [9.17, 15) is 24.0 Å². The Balaban J connectivity index is 1.63. The summed E-state index contributed by atoms with van der Waals surface area (Å²) in [6.45, 7) is 18.7. The number of hydrogen-bond acceptors (Lipinski definition) is 11. The van der Waals surface area contributed by atoms with Gasteiger partial charge in [-0.3, -0.25) is 24.0 Å². The van der Waals surface area contributed by atoms with Crippen molar-refractivity contribution < 1.29 is 47.7 Å². The van der Waals surface area contributed by atoms with E-state index in [-0.39, 0.29) is 82.4 Å². The second-order valence-corrected chi connectivity index (χ2v) is 17.7. The van der Waals surface area contributed by atoms with Gasteiger partial charge in [-0.05, 0) is 106 Å². The first-order valence-electron chi connectivity index (χ1n) is 19.1. The van der Waals surface area contributed by atoms with Gasteiger partial charge in [-0.1, -0.05) is 34.6 Å². The van der Waals surface area contributed by atoms with E-state index >= 15 is 0 Å². The van der Waals surface area contributed by atoms with Crippen LogP contribution in [-0.2, 0) is 47.7 Å². The molecule has 0 saturated heterocycles. The monoisotopic (exact) mass is 719 g/mol. The normalized spacial score (nSPS) is 36.9. The van der Waals surface area contributed by atoms with Crippen LogP contribution in [0.3, 0.4) is 0 Å². The van der Waals surface area contributed by atoms with Gasteiger partial charge in [0.1, 0.15) is 23.9 Å². The number of methoxy groups -OCH3 is 2. The van der Waals surface area contributed by atoms with Gasteiger partial charge in [0.2, 0.25) is 0 Å². The molecule has 4 rings (SSSR count). The van der Waals surface area contributed by atoms with Crippen LogP contribution in [0.1, 0.15) is 133 Å². The lowest BCUT2D eigenvalue weighted by Crippen LogP contribution is -2.67. The third-order valence-corrected chi connectivity index (χ3v) is 14.7. The topological polar surface area (TPSA) is 144 Å². The van der Waals surface area contributed by atoms with Crippen molar-refractivity contribution in [3.8, 4) is 0 Å². The Bertz CT molecular complexity index is 1330. The van der Waals surface area contributed by atoms with Crippen molar-refractivity contribution in [2.75, 3.05) is 20.8 Å². The molecule has 0 aromatic heterocycles. The van der Waals surface area contributed by atoms with E-state index in [4.69, 9.17) is 23.7 Å². The highest BCUT2D eigenvalue weighted by molar-refractivity contribution is 5.77. The van der Waals surface area contributed by atoms with Crippen molar-refractivity contribution in [2.24, 2.45) is 45.3 Å². The molecule has 0 aromatic carbocycles. The van der Waals surface area contributed by atoms with Crippen LogP contribution in [0.25, 0.3) is 0 Å². The maximum absolute atomic E-state index is 12.8. The first kappa shape index (κ1) is 41.1. The summed E-state index contributed by atoms with van der Waals surface area (Å²) < 4.78 is 28.2. The van der Waals surface area contributed by atoms with E-state index in [1.807, 2.05) is 6.92 Å². The fourth-order valence-electron chi connectivity index (χ4n) is 12.3. The molecule has 0 spiro atoms. The molecule has 4 aliphatic rings. The Kier molecular flexibility index (Phi) is 12.4. The number of nitrogens with one attached hydrogen (secondary N) is 1. The number of ether oxygens (including phenoxy) is 5. The van der Waals surface area contributed by atoms with E-state index in [1.165, 1.54) is 35.0 Å². The van der Waals surface area contributed by atoms with Crippen molar-refractivity contribution in [1.29, 1.82) is 0 Å². The van der Waals surface area contributed by atoms with E-state index in [2.05, 4.69) is 39.9 Å². The SMILES string of the molecule is COC(=O)CC[C@H](NCCC[C@](C)(OC(C)=O)C1CC[C@]2(C)[C@@H]1C(OC(C)=O)CC1[C@@]3(C)CC[C@H](OC(C)=O)C(C)(C)C3CC[C@]12C)C(=O)OC. The summed E-state index contributed by atoms with van der Waals surface area (Å²) in [6.07, 6.45) is 7.33. The molecule has 0 aromatic rings. The lowest BCUT2D eigenvalue weighted by Gasteiger charge is -2.70. The summed E-state index contributed by atoms with van der Waals surface area (Å²) in [5, 5.41) is 3.24. The van der Waals surface area contributed by atoms with Crippen LogP contribution in [-0.4, -0.2) is 74.5 Å². The lowest BCUT2D eigenvalue weighted by molar-refractivity contribution is -0.253. The minimum absolute atomic E-state index is 0.0200. The highest BCUT2D eigenvalue weighted by Crippen LogP contribution is 2.76. The summed E-state index contributed by atoms with van der Waals surface area (Å²) in [4.78, 5) is 61.9. The Morgan fingerprint density at radius 3 is 2.04 bits per heavy atom. The molecule has 0 bridgehead atoms. The summed E-state index contributed by atoms with van der Waals surface area (Å²) in [6, 6.07) is -0.669. The second-order valence-electron chi connectivity index (χ2n) is 17.7. The van der Waals surface area contributed by atoms with E-state index in [0.29, 0.717) is 25.3 Å². The quantitative estimate of drug-likeness (QED) is 0.130. The van der Waals surface area contributed by atoms with Gasteiger partial charge in [0.15, 0.2) is 0 Å². The second kappa shape index (κ2) is 15.3. The van der Waals surface area contributed by atoms with Crippen LogP contribution < -0.4 is 5.32 Å². The maximum Gasteiger partial charge on any atom is 0.322 e. The largest absolute Gasteiger partial charge is 0.469 e. The molecule has 1 N–H and O–H groups in total. The van der Waals surface area contributed by atoms with Gasteiger partial charge < -0.3 is 29.0 Å². The Labute approximate surface area is 305 Å². The third-order valence-electron chi connectivity index (χ3n) is 14.7. The molecule has 4 fully saturated rings. The van der Waals surface area contributed by atoms with Gasteiger partial charge >= 0.3 is 29.8 Å². The molecule has 4 saturated carbocycles. The number of hydrogen-bond donors (Lipinski definition) is 1. The van der Waals surface area contributed by atoms with Crippen molar-refractivity contribution in [3.05, 3.63) is 0 Å². The standard InChI is InChI=1S/C40H65NO10/c1-24(42)49-29-23-31-37(6)19-17-32(50-25(2)43)36(4,5)30(37)16-21-38(31,7)39(8)20-15-27(34(29)39)40(9,51-26(3)44)18-12-22-41-28(35(46)48-11)13-14-33(45)47-10/h27-32,34,41H,12-23H2,1-11H3/t27?,28-,29?,30?,31?,32-,34-,37-,38+,39+,40-/m0/s1. The van der Waals surface area contributed by atoms with Crippen molar-refractivity contribution in [2.45, 2.75) is 157 Å². The number of esters is 5. The van der Waals surface area contributed by atoms with E-state index in [1.54, 1.807) is 0 Å². The van der Waals surface area contributed by atoms with Crippen LogP contribution in [0.4, 0.5) is 0 Å². The average molecular weight is 720 g/mol. The number of fused-ring (bicyclic) bond motifs is 5. The smallest absolute Gasteiger partial charge is 0.322 e. The van der Waals surface area contributed by atoms with Crippen molar-refractivity contribution in [1.82, 2.24) is 5.32 Å². The van der Waals surface area contributed by atoms with Crippen LogP contribution >= 0.6 is 0 Å². The number of carbonyl (C=O) groups is 5. The molecular weight excluding hydrogens is 654 g/mol. The predicted octanol–water partition coefficient (Wildman–Crippen LogP) is 6.33. The molecule has 4 unspecified atom stereocenters. The van der Waals surface area contributed by atoms with Gasteiger partial charge in [0.25, 0.3) is 0 Å². The van der Waals surface area contributed by atoms with E-state index in [0.717, 1.165) is 44.9 Å². The van der Waals surface area contributed by atoms with Gasteiger partial charge in [0.05, 0.1) is 14.2 Å². The van der Waals surface area contributed by atoms with Crippen LogP contribution in [0.2, 0.25) is 0 Å². The summed E-state index contributed by atoms with van der Waals surface area (Å²) in [5.41, 5.74) is -1.30. The fraction of sp³-hybridized carbons (Fsp3) is 0.875. The lowest BCUT2D eigenvalue weighted by atomic mass is 9.35. The Hall–Kier alpha value is -2.69. The highest BCUT2D eigenvalue weighted by Gasteiger charge is 2.72. The number of rotatable bonds is 13. The Morgan fingerprint density at radius 1 is 0.804 bits per heavy atom. The zero-order valence-electron chi connectivity index (χ0n) is 33.1. The van der Waals surface area contributed by atoms with Crippen LogP contribution in [0, 0.1) is 45.3 Å². The molecule has 290 valence electrons. The molecule has 51 heavy (non-hydrogen) atoms. The van der Waals surface area contributed by atoms with Gasteiger partial charge in [-0.15, -0.1) is 0 Å².